The van der Waals surface area contributed by atoms with Gasteiger partial charge in [0.25, 0.3) is 0 Å². The first-order chi connectivity index (χ1) is 6.77. The van der Waals surface area contributed by atoms with E-state index in [1.54, 1.807) is 0 Å². The Labute approximate surface area is 90.4 Å². The van der Waals surface area contributed by atoms with Crippen molar-refractivity contribution < 1.29 is 0 Å². The van der Waals surface area contributed by atoms with Gasteiger partial charge in [-0.05, 0) is 25.0 Å². The van der Waals surface area contributed by atoms with E-state index in [1.807, 2.05) is 11.8 Å². The number of rotatable bonds is 2. The molecule has 2 nitrogen and oxygen atoms in total. The van der Waals surface area contributed by atoms with Crippen molar-refractivity contribution >= 4 is 11.8 Å². The molecule has 1 aliphatic heterocycles. The topological polar surface area (TPSA) is 35.8 Å². The standard InChI is InChI=1S/C11H18N2S/c1-9-11(8-12,6-7-14-9)13-10-4-2-3-5-10/h9-10,13H,2-7H2,1H3. The summed E-state index contributed by atoms with van der Waals surface area (Å²) in [5.74, 6) is 1.13. The number of nitrogens with zero attached hydrogens (tertiary/aromatic N) is 1. The van der Waals surface area contributed by atoms with Crippen molar-refractivity contribution in [2.45, 2.75) is 55.9 Å². The second-order valence-corrected chi connectivity index (χ2v) is 5.92. The Bertz CT molecular complexity index is 242. The van der Waals surface area contributed by atoms with E-state index in [-0.39, 0.29) is 5.54 Å². The first kappa shape index (κ1) is 10.3. The van der Waals surface area contributed by atoms with E-state index >= 15 is 0 Å². The van der Waals surface area contributed by atoms with Gasteiger partial charge in [-0.3, -0.25) is 5.32 Å². The van der Waals surface area contributed by atoms with Gasteiger partial charge in [-0.1, -0.05) is 19.8 Å². The monoisotopic (exact) mass is 210 g/mol. The average Bonchev–Trinajstić information content (AvgIpc) is 2.79. The summed E-state index contributed by atoms with van der Waals surface area (Å²) in [6.45, 7) is 2.18. The van der Waals surface area contributed by atoms with Crippen LogP contribution in [0.1, 0.15) is 39.0 Å². The molecule has 0 amide bonds. The molecule has 78 valence electrons. The summed E-state index contributed by atoms with van der Waals surface area (Å²) in [6, 6.07) is 3.13. The van der Waals surface area contributed by atoms with Crippen molar-refractivity contribution in [2.24, 2.45) is 0 Å². The van der Waals surface area contributed by atoms with Crippen molar-refractivity contribution in [2.75, 3.05) is 5.75 Å². The maximum atomic E-state index is 9.32. The lowest BCUT2D eigenvalue weighted by molar-refractivity contribution is 0.355. The molecule has 0 radical (unpaired) electrons. The fourth-order valence-corrected chi connectivity index (χ4v) is 3.86. The lowest BCUT2D eigenvalue weighted by Crippen LogP contribution is -2.52. The van der Waals surface area contributed by atoms with Gasteiger partial charge in [0.2, 0.25) is 0 Å². The second-order valence-electron chi connectivity index (χ2n) is 4.47. The van der Waals surface area contributed by atoms with E-state index in [4.69, 9.17) is 0 Å². The van der Waals surface area contributed by atoms with Crippen molar-refractivity contribution in [3.8, 4) is 6.07 Å². The summed E-state index contributed by atoms with van der Waals surface area (Å²) < 4.78 is 0. The summed E-state index contributed by atoms with van der Waals surface area (Å²) in [6.07, 6.45) is 6.22. The van der Waals surface area contributed by atoms with E-state index in [2.05, 4.69) is 18.3 Å². The molecule has 0 spiro atoms. The van der Waals surface area contributed by atoms with Crippen LogP contribution in [0.2, 0.25) is 0 Å². The summed E-state index contributed by atoms with van der Waals surface area (Å²) in [5.41, 5.74) is -0.223. The molecule has 1 heterocycles. The largest absolute Gasteiger partial charge is 0.296 e. The minimum atomic E-state index is -0.223. The Morgan fingerprint density at radius 3 is 2.64 bits per heavy atom. The summed E-state index contributed by atoms with van der Waals surface area (Å²) in [4.78, 5) is 0. The SMILES string of the molecule is CC1SCCC1(C#N)NC1CCCC1. The summed E-state index contributed by atoms with van der Waals surface area (Å²) >= 11 is 1.93. The van der Waals surface area contributed by atoms with Gasteiger partial charge < -0.3 is 0 Å². The van der Waals surface area contributed by atoms with Crippen molar-refractivity contribution in [3.63, 3.8) is 0 Å². The highest BCUT2D eigenvalue weighted by atomic mass is 32.2. The molecule has 2 rings (SSSR count). The molecule has 0 bridgehead atoms. The number of thioether (sulfide) groups is 1. The summed E-state index contributed by atoms with van der Waals surface area (Å²) in [7, 11) is 0. The van der Waals surface area contributed by atoms with E-state index in [1.165, 1.54) is 25.7 Å². The van der Waals surface area contributed by atoms with Gasteiger partial charge in [0, 0.05) is 11.3 Å². The molecule has 1 saturated carbocycles. The molecule has 0 aromatic heterocycles. The van der Waals surface area contributed by atoms with Gasteiger partial charge in [-0.15, -0.1) is 0 Å². The van der Waals surface area contributed by atoms with E-state index in [0.29, 0.717) is 11.3 Å². The minimum absolute atomic E-state index is 0.223. The Kier molecular flexibility index (Phi) is 3.04. The van der Waals surface area contributed by atoms with Crippen molar-refractivity contribution in [1.82, 2.24) is 5.32 Å². The highest BCUT2D eigenvalue weighted by molar-refractivity contribution is 8.00. The van der Waals surface area contributed by atoms with Gasteiger partial charge in [0.1, 0.15) is 5.54 Å². The Hall–Kier alpha value is -0.200. The van der Waals surface area contributed by atoms with E-state index < -0.39 is 0 Å². The molecule has 3 heteroatoms. The molecule has 1 aliphatic carbocycles. The van der Waals surface area contributed by atoms with Crippen LogP contribution < -0.4 is 5.32 Å². The molecule has 0 aromatic rings. The molecule has 2 unspecified atom stereocenters. The third kappa shape index (κ3) is 1.78. The molecule has 2 aliphatic rings. The van der Waals surface area contributed by atoms with Gasteiger partial charge in [0.15, 0.2) is 0 Å². The molecular formula is C11H18N2S. The van der Waals surface area contributed by atoms with Crippen LogP contribution >= 0.6 is 11.8 Å². The fourth-order valence-electron chi connectivity index (χ4n) is 2.55. The molecule has 2 atom stereocenters. The predicted octanol–water partition coefficient (Wildman–Crippen LogP) is 2.31. The normalized spacial score (nSPS) is 38.7. The van der Waals surface area contributed by atoms with Crippen LogP contribution in [0.4, 0.5) is 0 Å². The van der Waals surface area contributed by atoms with Gasteiger partial charge in [-0.2, -0.15) is 17.0 Å². The van der Waals surface area contributed by atoms with Gasteiger partial charge in [0.05, 0.1) is 6.07 Å². The molecule has 14 heavy (non-hydrogen) atoms. The molecular weight excluding hydrogens is 192 g/mol. The highest BCUT2D eigenvalue weighted by Crippen LogP contribution is 2.36. The predicted molar refractivity (Wildman–Crippen MR) is 60.3 cm³/mol. The number of hydrogen-bond acceptors (Lipinski definition) is 3. The molecule has 2 fully saturated rings. The zero-order valence-corrected chi connectivity index (χ0v) is 9.57. The second kappa shape index (κ2) is 4.12. The maximum absolute atomic E-state index is 9.32. The fraction of sp³-hybridized carbons (Fsp3) is 0.909. The van der Waals surface area contributed by atoms with Crippen LogP contribution in [0.15, 0.2) is 0 Å². The lowest BCUT2D eigenvalue weighted by Gasteiger charge is -2.30. The van der Waals surface area contributed by atoms with Gasteiger partial charge >= 0.3 is 0 Å². The molecule has 1 N–H and O–H groups in total. The van der Waals surface area contributed by atoms with E-state index in [9.17, 15) is 5.26 Å². The number of hydrogen-bond donors (Lipinski definition) is 1. The van der Waals surface area contributed by atoms with Crippen LogP contribution in [0, 0.1) is 11.3 Å². The van der Waals surface area contributed by atoms with Crippen molar-refractivity contribution in [1.29, 1.82) is 5.26 Å². The van der Waals surface area contributed by atoms with E-state index in [0.717, 1.165) is 12.2 Å². The third-order valence-corrected chi connectivity index (χ3v) is 4.92. The zero-order valence-electron chi connectivity index (χ0n) is 8.75. The first-order valence-electron chi connectivity index (χ1n) is 5.57. The highest BCUT2D eigenvalue weighted by Gasteiger charge is 2.42. The minimum Gasteiger partial charge on any atom is -0.296 e. The van der Waals surface area contributed by atoms with Gasteiger partial charge in [-0.25, -0.2) is 0 Å². The Balaban J connectivity index is 2.01. The Morgan fingerprint density at radius 1 is 1.43 bits per heavy atom. The van der Waals surface area contributed by atoms with Crippen LogP contribution in [0.5, 0.6) is 0 Å². The van der Waals surface area contributed by atoms with Crippen LogP contribution in [0.25, 0.3) is 0 Å². The number of nitriles is 1. The smallest absolute Gasteiger partial charge is 0.119 e. The molecule has 1 saturated heterocycles. The van der Waals surface area contributed by atoms with Crippen LogP contribution in [0.3, 0.4) is 0 Å². The zero-order chi connectivity index (χ0) is 10.0. The van der Waals surface area contributed by atoms with Crippen LogP contribution in [-0.2, 0) is 0 Å². The first-order valence-corrected chi connectivity index (χ1v) is 6.62. The summed E-state index contributed by atoms with van der Waals surface area (Å²) in [5, 5.41) is 13.4. The van der Waals surface area contributed by atoms with Crippen LogP contribution in [-0.4, -0.2) is 22.6 Å². The Morgan fingerprint density at radius 2 is 2.14 bits per heavy atom. The van der Waals surface area contributed by atoms with Crippen molar-refractivity contribution in [3.05, 3.63) is 0 Å². The lowest BCUT2D eigenvalue weighted by atomic mass is 9.93. The molecule has 0 aromatic carbocycles. The third-order valence-electron chi connectivity index (χ3n) is 3.57. The number of nitrogens with one attached hydrogen (secondary N) is 1. The maximum Gasteiger partial charge on any atom is 0.119 e. The average molecular weight is 210 g/mol. The quantitative estimate of drug-likeness (QED) is 0.759.